The second kappa shape index (κ2) is 6.84. The summed E-state index contributed by atoms with van der Waals surface area (Å²) in [7, 11) is 1.52. The van der Waals surface area contributed by atoms with E-state index in [1.165, 1.54) is 18.3 Å². The Labute approximate surface area is 176 Å². The third-order valence-electron chi connectivity index (χ3n) is 5.31. The summed E-state index contributed by atoms with van der Waals surface area (Å²) in [6.45, 7) is 0.176. The van der Waals surface area contributed by atoms with Crippen LogP contribution in [0.25, 0.3) is 11.0 Å². The van der Waals surface area contributed by atoms with E-state index < -0.39 is 17.5 Å². The molecule has 3 aromatic rings. The lowest BCUT2D eigenvalue weighted by Gasteiger charge is -2.26. The van der Waals surface area contributed by atoms with Crippen molar-refractivity contribution in [3.63, 3.8) is 0 Å². The maximum atomic E-state index is 13.0. The highest BCUT2D eigenvalue weighted by molar-refractivity contribution is 6.10. The molecule has 0 saturated carbocycles. The number of aromatic amines is 1. The van der Waals surface area contributed by atoms with Gasteiger partial charge in [-0.3, -0.25) is 14.9 Å². The van der Waals surface area contributed by atoms with E-state index in [9.17, 15) is 14.4 Å². The van der Waals surface area contributed by atoms with Crippen LogP contribution < -0.4 is 15.4 Å². The summed E-state index contributed by atoms with van der Waals surface area (Å²) >= 11 is 0. The molecule has 1 saturated heterocycles. The lowest BCUT2D eigenvalue weighted by atomic mass is 9.99. The van der Waals surface area contributed by atoms with Crippen molar-refractivity contribution in [2.24, 2.45) is 0 Å². The van der Waals surface area contributed by atoms with E-state index in [0.717, 1.165) is 5.56 Å². The Kier molecular flexibility index (Phi) is 4.11. The molecule has 10 heteroatoms. The summed E-state index contributed by atoms with van der Waals surface area (Å²) in [5.74, 6) is 5.41. The number of hydrogen-bond acceptors (Lipinski definition) is 6. The predicted octanol–water partition coefficient (Wildman–Crippen LogP) is 0.552. The monoisotopic (exact) mass is 416 g/mol. The van der Waals surface area contributed by atoms with Crippen molar-refractivity contribution in [2.75, 3.05) is 13.7 Å². The topological polar surface area (TPSA) is 129 Å². The minimum atomic E-state index is -1.60. The summed E-state index contributed by atoms with van der Waals surface area (Å²) in [5.41, 5.74) is 0.708. The van der Waals surface area contributed by atoms with Crippen LogP contribution in [0, 0.1) is 11.8 Å². The second-order valence-electron chi connectivity index (χ2n) is 7.21. The molecule has 2 aromatic heterocycles. The molecule has 2 aliphatic heterocycles. The maximum absolute atomic E-state index is 13.0. The number of imide groups is 1. The standard InChI is InChI=1S/C21H16N6O4/c1-31-13-3-2-12-9-27(18(28)15(12)8-13)10-21(19(29)25-20(30)26-21)6-4-16-14-5-7-22-17(14)24-11-23-16/h2-3,5,7-8,11H,9-10H2,1H3,(H,22,23,24)(H2,25,26,29,30)/t21-/m1/s1. The number of carbonyl (C=O) groups is 3. The number of urea groups is 1. The zero-order valence-corrected chi connectivity index (χ0v) is 16.4. The molecule has 154 valence electrons. The van der Waals surface area contributed by atoms with Crippen LogP contribution in [0.4, 0.5) is 4.79 Å². The number of benzene rings is 1. The summed E-state index contributed by atoms with van der Waals surface area (Å²) in [4.78, 5) is 50.3. The summed E-state index contributed by atoms with van der Waals surface area (Å²) in [6.07, 6.45) is 3.07. The van der Waals surface area contributed by atoms with Crippen molar-refractivity contribution in [3.05, 3.63) is 53.6 Å². The van der Waals surface area contributed by atoms with E-state index in [-0.39, 0.29) is 12.5 Å². The van der Waals surface area contributed by atoms with Gasteiger partial charge in [0, 0.05) is 18.3 Å². The molecule has 0 bridgehead atoms. The fourth-order valence-corrected chi connectivity index (χ4v) is 3.75. The lowest BCUT2D eigenvalue weighted by Crippen LogP contribution is -2.54. The zero-order chi connectivity index (χ0) is 21.6. The Bertz CT molecular complexity index is 1320. The first-order valence-electron chi connectivity index (χ1n) is 9.40. The number of carbonyl (C=O) groups excluding carboxylic acids is 3. The number of fused-ring (bicyclic) bond motifs is 2. The van der Waals surface area contributed by atoms with Gasteiger partial charge in [-0.25, -0.2) is 14.8 Å². The van der Waals surface area contributed by atoms with E-state index in [1.807, 2.05) is 0 Å². The van der Waals surface area contributed by atoms with Crippen LogP contribution in [0.15, 0.2) is 36.8 Å². The van der Waals surface area contributed by atoms with E-state index in [1.54, 1.807) is 30.5 Å². The minimum Gasteiger partial charge on any atom is -0.497 e. The van der Waals surface area contributed by atoms with Crippen molar-refractivity contribution in [2.45, 2.75) is 12.1 Å². The first-order valence-corrected chi connectivity index (χ1v) is 9.40. The summed E-state index contributed by atoms with van der Waals surface area (Å²) in [6, 6.07) is 6.34. The van der Waals surface area contributed by atoms with Gasteiger partial charge in [-0.1, -0.05) is 12.0 Å². The summed E-state index contributed by atoms with van der Waals surface area (Å²) < 4.78 is 5.19. The van der Waals surface area contributed by atoms with E-state index >= 15 is 0 Å². The Morgan fingerprint density at radius 2 is 2.10 bits per heavy atom. The van der Waals surface area contributed by atoms with Crippen LogP contribution in [0.2, 0.25) is 0 Å². The predicted molar refractivity (Wildman–Crippen MR) is 108 cm³/mol. The Morgan fingerprint density at radius 3 is 2.87 bits per heavy atom. The van der Waals surface area contributed by atoms with Crippen molar-refractivity contribution in [1.29, 1.82) is 0 Å². The molecule has 4 amide bonds. The van der Waals surface area contributed by atoms with Gasteiger partial charge in [0.25, 0.3) is 11.8 Å². The number of H-pyrrole nitrogens is 1. The van der Waals surface area contributed by atoms with Crippen LogP contribution in [-0.4, -0.2) is 56.9 Å². The third kappa shape index (κ3) is 3.03. The van der Waals surface area contributed by atoms with Gasteiger partial charge in [0.15, 0.2) is 0 Å². The molecule has 0 unspecified atom stereocenters. The molecule has 5 rings (SSSR count). The average molecular weight is 416 g/mol. The third-order valence-corrected chi connectivity index (χ3v) is 5.31. The Balaban J connectivity index is 1.50. The highest BCUT2D eigenvalue weighted by Crippen LogP contribution is 2.28. The zero-order valence-electron chi connectivity index (χ0n) is 16.4. The highest BCUT2D eigenvalue weighted by Gasteiger charge is 2.48. The van der Waals surface area contributed by atoms with Gasteiger partial charge in [0.2, 0.25) is 5.54 Å². The number of hydrogen-bond donors (Lipinski definition) is 3. The van der Waals surface area contributed by atoms with E-state index in [4.69, 9.17) is 4.74 Å². The molecule has 0 spiro atoms. The molecule has 0 aliphatic carbocycles. The van der Waals surface area contributed by atoms with Crippen LogP contribution in [0.1, 0.15) is 21.6 Å². The largest absolute Gasteiger partial charge is 0.497 e. The molecule has 1 aromatic carbocycles. The maximum Gasteiger partial charge on any atom is 0.323 e. The first kappa shape index (κ1) is 18.6. The Morgan fingerprint density at radius 1 is 1.23 bits per heavy atom. The van der Waals surface area contributed by atoms with Gasteiger partial charge in [-0.05, 0) is 29.7 Å². The lowest BCUT2D eigenvalue weighted by molar-refractivity contribution is -0.122. The molecular weight excluding hydrogens is 400 g/mol. The van der Waals surface area contributed by atoms with Crippen molar-refractivity contribution < 1.29 is 19.1 Å². The number of amides is 4. The number of nitrogens with zero attached hydrogens (tertiary/aromatic N) is 3. The molecule has 1 fully saturated rings. The van der Waals surface area contributed by atoms with Crippen LogP contribution in [0.5, 0.6) is 5.75 Å². The first-order chi connectivity index (χ1) is 15.0. The van der Waals surface area contributed by atoms with Crippen LogP contribution in [0.3, 0.4) is 0 Å². The molecular formula is C21H16N6O4. The molecule has 0 radical (unpaired) electrons. The fraction of sp³-hybridized carbons (Fsp3) is 0.190. The van der Waals surface area contributed by atoms with Crippen molar-refractivity contribution in [1.82, 2.24) is 30.5 Å². The van der Waals surface area contributed by atoms with Crippen LogP contribution in [-0.2, 0) is 11.3 Å². The normalized spacial score (nSPS) is 19.6. The van der Waals surface area contributed by atoms with E-state index in [0.29, 0.717) is 34.6 Å². The highest BCUT2D eigenvalue weighted by atomic mass is 16.5. The van der Waals surface area contributed by atoms with Crippen molar-refractivity contribution >= 4 is 28.9 Å². The number of nitrogens with one attached hydrogen (secondary N) is 3. The SMILES string of the molecule is COc1ccc2c(c1)C(=O)N(C[C@@]1(C#Cc3ncnc4[nH]ccc34)NC(=O)NC1=O)C2. The summed E-state index contributed by atoms with van der Waals surface area (Å²) in [5, 5.41) is 5.49. The molecule has 3 N–H and O–H groups in total. The smallest absolute Gasteiger partial charge is 0.323 e. The molecule has 1 atom stereocenters. The van der Waals surface area contributed by atoms with Gasteiger partial charge in [0.1, 0.15) is 23.4 Å². The fourth-order valence-electron chi connectivity index (χ4n) is 3.75. The van der Waals surface area contributed by atoms with Crippen molar-refractivity contribution in [3.8, 4) is 17.6 Å². The average Bonchev–Trinajstić information content (AvgIpc) is 3.43. The number of rotatable bonds is 3. The second-order valence-corrected chi connectivity index (χ2v) is 7.21. The molecule has 4 heterocycles. The number of methoxy groups -OCH3 is 1. The van der Waals surface area contributed by atoms with Gasteiger partial charge >= 0.3 is 6.03 Å². The van der Waals surface area contributed by atoms with E-state index in [2.05, 4.69) is 37.4 Å². The molecule has 10 nitrogen and oxygen atoms in total. The van der Waals surface area contributed by atoms with Gasteiger partial charge in [0.05, 0.1) is 19.0 Å². The number of ether oxygens (including phenoxy) is 1. The molecule has 2 aliphatic rings. The molecule has 31 heavy (non-hydrogen) atoms. The van der Waals surface area contributed by atoms with Gasteiger partial charge in [-0.15, -0.1) is 0 Å². The van der Waals surface area contributed by atoms with Gasteiger partial charge < -0.3 is 19.9 Å². The quantitative estimate of drug-likeness (QED) is 0.422. The number of aromatic nitrogens is 3. The minimum absolute atomic E-state index is 0.116. The van der Waals surface area contributed by atoms with Gasteiger partial charge in [-0.2, -0.15) is 0 Å². The Hall–Kier alpha value is -4.39. The van der Waals surface area contributed by atoms with Crippen LogP contribution >= 0.6 is 0 Å².